The number of hydrogen-bond donors (Lipinski definition) is 2. The van der Waals surface area contributed by atoms with Gasteiger partial charge in [-0.15, -0.1) is 0 Å². The predicted octanol–water partition coefficient (Wildman–Crippen LogP) is 6.72. The van der Waals surface area contributed by atoms with Crippen molar-refractivity contribution in [2.24, 2.45) is 0 Å². The van der Waals surface area contributed by atoms with Gasteiger partial charge in [-0.25, -0.2) is 18.7 Å². The highest BCUT2D eigenvalue weighted by atomic mass is 35.5. The number of halogens is 3. The minimum absolute atomic E-state index is 0.0136. The van der Waals surface area contributed by atoms with Crippen LogP contribution in [0.25, 0.3) is 22.0 Å². The Kier molecular flexibility index (Phi) is 6.29. The number of aromatic hydroxyl groups is 1. The van der Waals surface area contributed by atoms with Crippen LogP contribution in [0.15, 0.2) is 24.3 Å². The number of phenols is 1. The number of hydrogen-bond acceptors (Lipinski definition) is 6. The van der Waals surface area contributed by atoms with Crippen molar-refractivity contribution in [1.29, 1.82) is 0 Å². The van der Waals surface area contributed by atoms with Gasteiger partial charge in [0.05, 0.1) is 5.69 Å². The van der Waals surface area contributed by atoms with E-state index < -0.39 is 17.7 Å². The van der Waals surface area contributed by atoms with Gasteiger partial charge in [0.15, 0.2) is 11.6 Å². The van der Waals surface area contributed by atoms with Crippen molar-refractivity contribution >= 4 is 22.5 Å². The highest BCUT2D eigenvalue weighted by molar-refractivity contribution is 6.32. The van der Waals surface area contributed by atoms with Gasteiger partial charge < -0.3 is 15.2 Å². The molecule has 2 bridgehead atoms. The zero-order chi connectivity index (χ0) is 27.9. The van der Waals surface area contributed by atoms with Gasteiger partial charge in [-0.1, -0.05) is 23.7 Å². The van der Waals surface area contributed by atoms with Crippen LogP contribution in [0.4, 0.5) is 8.78 Å². The van der Waals surface area contributed by atoms with Crippen molar-refractivity contribution < 1.29 is 18.6 Å². The van der Waals surface area contributed by atoms with E-state index in [9.17, 15) is 9.50 Å². The van der Waals surface area contributed by atoms with Crippen LogP contribution < -0.4 is 5.32 Å². The second-order valence-corrected chi connectivity index (χ2v) is 13.3. The van der Waals surface area contributed by atoms with E-state index in [4.69, 9.17) is 26.3 Å². The number of phenolic OH excluding ortho intramolecular Hbond substituents is 1. The molecule has 216 valence electrons. The zero-order valence-electron chi connectivity index (χ0n) is 23.0. The molecular weight excluding hydrogens is 546 g/mol. The minimum Gasteiger partial charge on any atom is -0.508 e. The first-order chi connectivity index (χ1) is 19.9. The molecular formula is C32H35ClF2N4O2. The number of aromatic nitrogens is 2. The lowest BCUT2D eigenvalue weighted by Crippen LogP contribution is -2.40. The van der Waals surface area contributed by atoms with E-state index in [1.165, 1.54) is 6.07 Å². The smallest absolute Gasteiger partial charge is 0.157 e. The van der Waals surface area contributed by atoms with Gasteiger partial charge in [0.1, 0.15) is 29.8 Å². The Morgan fingerprint density at radius 3 is 2.66 bits per heavy atom. The Morgan fingerprint density at radius 2 is 1.88 bits per heavy atom. The maximum atomic E-state index is 16.7. The van der Waals surface area contributed by atoms with Crippen molar-refractivity contribution in [3.05, 3.63) is 52.2 Å². The van der Waals surface area contributed by atoms with E-state index in [1.807, 2.05) is 6.07 Å². The number of alkyl halides is 1. The number of benzene rings is 2. The summed E-state index contributed by atoms with van der Waals surface area (Å²) in [6.07, 6.45) is 7.44. The molecule has 41 heavy (non-hydrogen) atoms. The molecule has 4 saturated heterocycles. The quantitative estimate of drug-likeness (QED) is 0.337. The molecule has 3 aromatic rings. The number of nitrogens with zero attached hydrogens (tertiary/aromatic N) is 3. The largest absolute Gasteiger partial charge is 0.508 e. The number of fused-ring (bicyclic) bond motifs is 4. The summed E-state index contributed by atoms with van der Waals surface area (Å²) in [5.41, 5.74) is 2.42. The summed E-state index contributed by atoms with van der Waals surface area (Å²) in [5, 5.41) is 15.3. The van der Waals surface area contributed by atoms with Gasteiger partial charge in [-0.2, -0.15) is 0 Å². The average Bonchev–Trinajstić information content (AvgIpc) is 3.52. The molecule has 0 spiro atoms. The van der Waals surface area contributed by atoms with Crippen molar-refractivity contribution in [2.45, 2.75) is 100 Å². The molecule has 9 heteroatoms. The van der Waals surface area contributed by atoms with Crippen molar-refractivity contribution in [1.82, 2.24) is 20.2 Å². The molecule has 2 aromatic carbocycles. The Hall–Kier alpha value is -2.39. The molecule has 0 amide bonds. The van der Waals surface area contributed by atoms with Crippen molar-refractivity contribution in [3.63, 3.8) is 0 Å². The molecule has 1 saturated carbocycles. The van der Waals surface area contributed by atoms with Crippen LogP contribution in [0.5, 0.6) is 5.75 Å². The molecule has 4 unspecified atom stereocenters. The normalized spacial score (nSPS) is 31.3. The summed E-state index contributed by atoms with van der Waals surface area (Å²) < 4.78 is 37.5. The third-order valence-electron chi connectivity index (χ3n) is 10.1. The molecule has 5 heterocycles. The Morgan fingerprint density at radius 1 is 1.07 bits per heavy atom. The van der Waals surface area contributed by atoms with Crippen LogP contribution in [0, 0.1) is 5.82 Å². The minimum atomic E-state index is -0.900. The van der Waals surface area contributed by atoms with Crippen molar-refractivity contribution in [2.75, 3.05) is 13.1 Å². The Balaban J connectivity index is 1.23. The molecule has 8 rings (SSSR count). The first-order valence-electron chi connectivity index (χ1n) is 15.2. The van der Waals surface area contributed by atoms with E-state index in [0.717, 1.165) is 74.6 Å². The topological polar surface area (TPSA) is 70.5 Å². The van der Waals surface area contributed by atoms with Gasteiger partial charge in [0, 0.05) is 53.5 Å². The second-order valence-electron chi connectivity index (χ2n) is 12.9. The maximum absolute atomic E-state index is 16.7. The van der Waals surface area contributed by atoms with E-state index in [2.05, 4.69) is 10.2 Å². The van der Waals surface area contributed by atoms with Crippen LogP contribution in [-0.4, -0.2) is 57.0 Å². The fraction of sp³-hybridized carbons (Fsp3) is 0.562. The molecule has 6 nitrogen and oxygen atoms in total. The summed E-state index contributed by atoms with van der Waals surface area (Å²) in [6, 6.07) is 7.79. The van der Waals surface area contributed by atoms with Crippen LogP contribution in [0.3, 0.4) is 0 Å². The van der Waals surface area contributed by atoms with Crippen molar-refractivity contribution in [3.8, 4) is 16.9 Å². The van der Waals surface area contributed by atoms with Gasteiger partial charge in [0.2, 0.25) is 0 Å². The van der Waals surface area contributed by atoms with Crippen LogP contribution in [0.1, 0.15) is 86.7 Å². The summed E-state index contributed by atoms with van der Waals surface area (Å²) >= 11 is 6.57. The van der Waals surface area contributed by atoms with Gasteiger partial charge >= 0.3 is 0 Å². The molecule has 1 aromatic heterocycles. The molecule has 4 aliphatic heterocycles. The van der Waals surface area contributed by atoms with E-state index in [0.29, 0.717) is 47.0 Å². The molecule has 5 aliphatic rings. The van der Waals surface area contributed by atoms with E-state index >= 15 is 4.39 Å². The van der Waals surface area contributed by atoms with Gasteiger partial charge in [-0.3, -0.25) is 4.90 Å². The van der Waals surface area contributed by atoms with Crippen LogP contribution >= 0.6 is 11.6 Å². The predicted molar refractivity (Wildman–Crippen MR) is 153 cm³/mol. The molecule has 4 atom stereocenters. The standard InChI is InChI=1S/C32H35ClF2N4O2/c33-26-13-22(40)12-25(28(26)17-2-3-17)23-6-7-24-30(18-10-20-4-5-21(11-18)36-20)37-27(38-31(24)29(23)35)16-41-32-8-1-9-39(32)15-19(34)14-32/h6-7,12-13,17-21,36,40H,1-5,8-11,14-16H2. The summed E-state index contributed by atoms with van der Waals surface area (Å²) in [7, 11) is 0. The Bertz CT molecular complexity index is 1520. The highest BCUT2D eigenvalue weighted by Gasteiger charge is 2.50. The van der Waals surface area contributed by atoms with Gasteiger partial charge in [-0.05, 0) is 80.5 Å². The molecule has 5 fully saturated rings. The number of ether oxygens (including phenoxy) is 1. The average molecular weight is 581 g/mol. The third-order valence-corrected chi connectivity index (χ3v) is 10.4. The first kappa shape index (κ1) is 26.3. The zero-order valence-corrected chi connectivity index (χ0v) is 23.8. The monoisotopic (exact) mass is 580 g/mol. The fourth-order valence-electron chi connectivity index (χ4n) is 8.18. The maximum Gasteiger partial charge on any atom is 0.157 e. The second kappa shape index (κ2) is 9.83. The summed E-state index contributed by atoms with van der Waals surface area (Å²) in [4.78, 5) is 11.9. The molecule has 1 aliphatic carbocycles. The number of piperidine rings is 1. The summed E-state index contributed by atoms with van der Waals surface area (Å²) in [5.74, 6) is 0.484. The lowest BCUT2D eigenvalue weighted by Gasteiger charge is -2.32. The first-order valence-corrected chi connectivity index (χ1v) is 15.6. The number of rotatable bonds is 6. The van der Waals surface area contributed by atoms with E-state index in [1.54, 1.807) is 12.1 Å². The lowest BCUT2D eigenvalue weighted by molar-refractivity contribution is -0.125. The highest BCUT2D eigenvalue weighted by Crippen LogP contribution is 2.50. The third kappa shape index (κ3) is 4.53. The number of nitrogens with one attached hydrogen (secondary N) is 1. The van der Waals surface area contributed by atoms with Crippen LogP contribution in [-0.2, 0) is 11.3 Å². The summed E-state index contributed by atoms with van der Waals surface area (Å²) in [6.45, 7) is 1.34. The lowest BCUT2D eigenvalue weighted by atomic mass is 9.87. The SMILES string of the molecule is Oc1cc(Cl)c(C2CC2)c(-c2ccc3c(C4CC5CCC(C4)N5)nc(COC45CCCN4CC(F)C5)nc3c2F)c1. The molecule has 0 radical (unpaired) electrons. The fourth-order valence-corrected chi connectivity index (χ4v) is 8.55. The van der Waals surface area contributed by atoms with Gasteiger partial charge in [0.25, 0.3) is 0 Å². The Labute approximate surface area is 243 Å². The van der Waals surface area contributed by atoms with Crippen LogP contribution in [0.2, 0.25) is 5.02 Å². The molecule has 2 N–H and O–H groups in total. The van der Waals surface area contributed by atoms with E-state index in [-0.39, 0.29) is 29.7 Å².